The fourth-order valence-electron chi connectivity index (χ4n) is 2.57. The van der Waals surface area contributed by atoms with Crippen LogP contribution < -0.4 is 0 Å². The van der Waals surface area contributed by atoms with Crippen LogP contribution in [0.15, 0.2) is 27.6 Å². The van der Waals surface area contributed by atoms with Crippen molar-refractivity contribution in [1.82, 2.24) is 4.31 Å². The van der Waals surface area contributed by atoms with Gasteiger partial charge in [0.25, 0.3) is 0 Å². The number of nitrogens with zero attached hydrogens (tertiary/aromatic N) is 2. The Bertz CT molecular complexity index is 783. The number of morpholine rings is 1. The van der Waals surface area contributed by atoms with E-state index in [1.807, 2.05) is 6.07 Å². The van der Waals surface area contributed by atoms with Gasteiger partial charge in [0.2, 0.25) is 10.0 Å². The Hall–Kier alpha value is -1.27. The summed E-state index contributed by atoms with van der Waals surface area (Å²) in [6.07, 6.45) is 1.04. The summed E-state index contributed by atoms with van der Waals surface area (Å²) in [6.45, 7) is 0.429. The fraction of sp³-hybridized carbons (Fsp3) is 0.467. The highest BCUT2D eigenvalue weighted by Crippen LogP contribution is 2.33. The lowest BCUT2D eigenvalue weighted by molar-refractivity contribution is -0.135. The number of sulfonamides is 1. The van der Waals surface area contributed by atoms with Crippen LogP contribution in [0.1, 0.15) is 18.4 Å². The number of benzene rings is 1. The molecule has 0 bridgehead atoms. The van der Waals surface area contributed by atoms with Crippen LogP contribution in [0.25, 0.3) is 0 Å². The largest absolute Gasteiger partial charge is 0.368 e. The molecule has 1 unspecified atom stereocenters. The molecule has 0 N–H and O–H groups in total. The van der Waals surface area contributed by atoms with Crippen molar-refractivity contribution in [1.29, 1.82) is 5.26 Å². The van der Waals surface area contributed by atoms with Crippen LogP contribution in [-0.2, 0) is 19.6 Å². The summed E-state index contributed by atoms with van der Waals surface area (Å²) in [6, 6.07) is 6.30. The number of Topliss-reactive ketones (excluding diaryl/α,β-unsaturated/α-hetero) is 1. The minimum atomic E-state index is -3.77. The van der Waals surface area contributed by atoms with Crippen molar-refractivity contribution in [3.8, 4) is 6.07 Å². The normalized spacial score (nSPS) is 22.5. The van der Waals surface area contributed by atoms with Crippen LogP contribution in [0, 0.1) is 17.2 Å². The lowest BCUT2D eigenvalue weighted by Gasteiger charge is -2.31. The first-order valence-corrected chi connectivity index (χ1v) is 9.51. The molecule has 0 radical (unpaired) electrons. The molecule has 1 aliphatic heterocycles. The summed E-state index contributed by atoms with van der Waals surface area (Å²) in [7, 11) is -3.77. The molecule has 1 aliphatic carbocycles. The highest BCUT2D eigenvalue weighted by atomic mass is 79.9. The predicted octanol–water partition coefficient (Wildman–Crippen LogP) is 1.69. The quantitative estimate of drug-likeness (QED) is 0.769. The van der Waals surface area contributed by atoms with Gasteiger partial charge in [-0.15, -0.1) is 0 Å². The highest BCUT2D eigenvalue weighted by Gasteiger charge is 2.40. The maximum atomic E-state index is 12.8. The van der Waals surface area contributed by atoms with Gasteiger partial charge in [-0.2, -0.15) is 9.57 Å². The Morgan fingerprint density at radius 1 is 1.35 bits per heavy atom. The Labute approximate surface area is 143 Å². The van der Waals surface area contributed by atoms with E-state index in [0.29, 0.717) is 4.47 Å². The van der Waals surface area contributed by atoms with E-state index < -0.39 is 16.1 Å². The second kappa shape index (κ2) is 6.32. The summed E-state index contributed by atoms with van der Waals surface area (Å²) in [4.78, 5) is 12.2. The minimum Gasteiger partial charge on any atom is -0.368 e. The lowest BCUT2D eigenvalue weighted by Crippen LogP contribution is -2.48. The topological polar surface area (TPSA) is 87.5 Å². The highest BCUT2D eigenvalue weighted by molar-refractivity contribution is 9.10. The number of ketones is 1. The van der Waals surface area contributed by atoms with Gasteiger partial charge in [-0.25, -0.2) is 8.42 Å². The van der Waals surface area contributed by atoms with E-state index in [2.05, 4.69) is 15.9 Å². The van der Waals surface area contributed by atoms with E-state index in [1.54, 1.807) is 6.07 Å². The Balaban J connectivity index is 1.85. The van der Waals surface area contributed by atoms with Crippen molar-refractivity contribution in [3.63, 3.8) is 0 Å². The number of nitriles is 1. The molecule has 2 fully saturated rings. The zero-order valence-corrected chi connectivity index (χ0v) is 14.6. The van der Waals surface area contributed by atoms with Crippen molar-refractivity contribution in [3.05, 3.63) is 28.2 Å². The average Bonchev–Trinajstić information content (AvgIpc) is 3.38. The third-order valence-electron chi connectivity index (χ3n) is 3.96. The van der Waals surface area contributed by atoms with Gasteiger partial charge in [0.15, 0.2) is 5.78 Å². The summed E-state index contributed by atoms with van der Waals surface area (Å²) in [5, 5.41) is 9.00. The summed E-state index contributed by atoms with van der Waals surface area (Å²) >= 11 is 3.22. The van der Waals surface area contributed by atoms with Crippen LogP contribution in [0.3, 0.4) is 0 Å². The summed E-state index contributed by atoms with van der Waals surface area (Å²) < 4.78 is 32.8. The molecule has 1 aromatic rings. The van der Waals surface area contributed by atoms with Crippen LogP contribution in [0.4, 0.5) is 0 Å². The van der Waals surface area contributed by atoms with Gasteiger partial charge < -0.3 is 4.74 Å². The molecule has 1 aromatic carbocycles. The van der Waals surface area contributed by atoms with E-state index in [4.69, 9.17) is 10.00 Å². The molecule has 122 valence electrons. The van der Waals surface area contributed by atoms with E-state index >= 15 is 0 Å². The Kier molecular flexibility index (Phi) is 4.56. The maximum absolute atomic E-state index is 12.8. The van der Waals surface area contributed by atoms with Crippen LogP contribution in [-0.4, -0.2) is 44.3 Å². The number of halogens is 1. The molecule has 23 heavy (non-hydrogen) atoms. The summed E-state index contributed by atoms with van der Waals surface area (Å²) in [5.74, 6) is 0.0237. The standard InChI is InChI=1S/C15H15BrN2O4S/c16-12-5-10(8-17)6-13(7-12)23(20,21)18-3-4-22-14(9-18)15(19)11-1-2-11/h5-7,11,14H,1-4,9H2. The van der Waals surface area contributed by atoms with E-state index in [0.717, 1.165) is 12.8 Å². The maximum Gasteiger partial charge on any atom is 0.243 e. The second-order valence-electron chi connectivity index (χ2n) is 5.69. The van der Waals surface area contributed by atoms with Gasteiger partial charge in [0, 0.05) is 23.5 Å². The van der Waals surface area contributed by atoms with Crippen molar-refractivity contribution in [2.24, 2.45) is 5.92 Å². The number of ether oxygens (including phenoxy) is 1. The first-order chi connectivity index (χ1) is 10.9. The van der Waals surface area contributed by atoms with Crippen molar-refractivity contribution in [2.75, 3.05) is 19.7 Å². The number of carbonyl (C=O) groups excluding carboxylic acids is 1. The van der Waals surface area contributed by atoms with Gasteiger partial charge in [-0.1, -0.05) is 15.9 Å². The van der Waals surface area contributed by atoms with E-state index in [-0.39, 0.29) is 41.9 Å². The summed E-state index contributed by atoms with van der Waals surface area (Å²) in [5.41, 5.74) is 0.261. The van der Waals surface area contributed by atoms with E-state index in [1.165, 1.54) is 16.4 Å². The van der Waals surface area contributed by atoms with Crippen molar-refractivity contribution >= 4 is 31.7 Å². The first-order valence-electron chi connectivity index (χ1n) is 7.28. The number of hydrogen-bond donors (Lipinski definition) is 0. The molecule has 0 spiro atoms. The SMILES string of the molecule is N#Cc1cc(Br)cc(S(=O)(=O)N2CCOC(C(=O)C3CC3)C2)c1. The molecule has 6 nitrogen and oxygen atoms in total. The molecule has 0 amide bonds. The van der Waals surface area contributed by atoms with Gasteiger partial charge in [-0.3, -0.25) is 4.79 Å². The third-order valence-corrected chi connectivity index (χ3v) is 6.27. The molecule has 3 rings (SSSR count). The van der Waals surface area contributed by atoms with Gasteiger partial charge in [-0.05, 0) is 31.0 Å². The minimum absolute atomic E-state index is 0.00291. The zero-order chi connectivity index (χ0) is 16.6. The van der Waals surface area contributed by atoms with Gasteiger partial charge >= 0.3 is 0 Å². The molecule has 2 aliphatic rings. The van der Waals surface area contributed by atoms with Crippen LogP contribution >= 0.6 is 15.9 Å². The molecule has 1 heterocycles. The number of carbonyl (C=O) groups is 1. The second-order valence-corrected chi connectivity index (χ2v) is 8.54. The van der Waals surface area contributed by atoms with Gasteiger partial charge in [0.05, 0.1) is 23.1 Å². The Morgan fingerprint density at radius 3 is 2.74 bits per heavy atom. The number of hydrogen-bond acceptors (Lipinski definition) is 5. The third kappa shape index (κ3) is 3.48. The molecule has 1 atom stereocenters. The predicted molar refractivity (Wildman–Crippen MR) is 85.1 cm³/mol. The van der Waals surface area contributed by atoms with E-state index in [9.17, 15) is 13.2 Å². The van der Waals surface area contributed by atoms with Crippen LogP contribution in [0.5, 0.6) is 0 Å². The smallest absolute Gasteiger partial charge is 0.243 e. The number of rotatable bonds is 4. The molecular weight excluding hydrogens is 384 g/mol. The van der Waals surface area contributed by atoms with Crippen LogP contribution in [0.2, 0.25) is 0 Å². The lowest BCUT2D eigenvalue weighted by atomic mass is 10.1. The molecule has 0 aromatic heterocycles. The van der Waals surface area contributed by atoms with Crippen molar-refractivity contribution < 1.29 is 17.9 Å². The van der Waals surface area contributed by atoms with Gasteiger partial charge in [0.1, 0.15) is 6.10 Å². The molecular formula is C15H15BrN2O4S. The molecule has 1 saturated heterocycles. The zero-order valence-electron chi connectivity index (χ0n) is 12.2. The fourth-order valence-corrected chi connectivity index (χ4v) is 4.71. The monoisotopic (exact) mass is 398 g/mol. The van der Waals surface area contributed by atoms with Crippen molar-refractivity contribution in [2.45, 2.75) is 23.8 Å². The molecule has 8 heteroatoms. The Morgan fingerprint density at radius 2 is 2.09 bits per heavy atom. The average molecular weight is 399 g/mol. The molecule has 1 saturated carbocycles. The first kappa shape index (κ1) is 16.6.